The third kappa shape index (κ3) is 4.59. The van der Waals surface area contributed by atoms with Crippen LogP contribution in [0.4, 0.5) is 0 Å². The minimum atomic E-state index is -3.77. The van der Waals surface area contributed by atoms with Crippen LogP contribution in [0.3, 0.4) is 0 Å². The van der Waals surface area contributed by atoms with Gasteiger partial charge in [-0.15, -0.1) is 16.2 Å². The number of sulfonamides is 1. The van der Waals surface area contributed by atoms with Gasteiger partial charge in [0.25, 0.3) is 15.9 Å². The molecular formula is C12H10Cl2N2O4S2. The first-order chi connectivity index (χ1) is 10.4. The molecule has 0 saturated heterocycles. The van der Waals surface area contributed by atoms with Crippen molar-refractivity contribution in [1.82, 2.24) is 10.3 Å². The molecule has 0 fully saturated rings. The van der Waals surface area contributed by atoms with Crippen LogP contribution in [0.2, 0.25) is 10.0 Å². The number of amides is 1. The molecule has 1 amide bonds. The van der Waals surface area contributed by atoms with Crippen molar-refractivity contribution in [2.45, 2.75) is 4.21 Å². The lowest BCUT2D eigenvalue weighted by Crippen LogP contribution is -2.43. The van der Waals surface area contributed by atoms with Crippen LogP contribution in [0.5, 0.6) is 5.75 Å². The number of benzene rings is 1. The molecule has 0 aliphatic rings. The third-order valence-electron chi connectivity index (χ3n) is 2.34. The van der Waals surface area contributed by atoms with E-state index in [0.29, 0.717) is 5.02 Å². The average Bonchev–Trinajstić information content (AvgIpc) is 2.99. The van der Waals surface area contributed by atoms with E-state index in [4.69, 9.17) is 27.9 Å². The van der Waals surface area contributed by atoms with Crippen LogP contribution in [-0.4, -0.2) is 20.9 Å². The number of carbonyl (C=O) groups excluding carboxylic acids is 1. The van der Waals surface area contributed by atoms with Crippen LogP contribution in [0.25, 0.3) is 0 Å². The zero-order chi connectivity index (χ0) is 16.2. The number of hydrazine groups is 1. The summed E-state index contributed by atoms with van der Waals surface area (Å²) in [6, 6.07) is 7.54. The average molecular weight is 381 g/mol. The summed E-state index contributed by atoms with van der Waals surface area (Å²) in [5.74, 6) is -0.409. The van der Waals surface area contributed by atoms with Gasteiger partial charge in [-0.05, 0) is 29.6 Å². The molecule has 0 saturated carbocycles. The Balaban J connectivity index is 1.86. The predicted octanol–water partition coefficient (Wildman–Crippen LogP) is 2.44. The van der Waals surface area contributed by atoms with E-state index in [1.807, 2.05) is 10.3 Å². The minimum absolute atomic E-state index is 0.0921. The summed E-state index contributed by atoms with van der Waals surface area (Å²) in [7, 11) is -3.77. The zero-order valence-corrected chi connectivity index (χ0v) is 14.0. The Hall–Kier alpha value is -1.32. The molecule has 2 N–H and O–H groups in total. The molecule has 0 spiro atoms. The largest absolute Gasteiger partial charge is 0.482 e. The molecule has 0 unspecified atom stereocenters. The number of rotatable bonds is 6. The van der Waals surface area contributed by atoms with Crippen molar-refractivity contribution in [1.29, 1.82) is 0 Å². The van der Waals surface area contributed by atoms with Crippen LogP contribution >= 0.6 is 34.5 Å². The van der Waals surface area contributed by atoms with E-state index < -0.39 is 22.5 Å². The summed E-state index contributed by atoms with van der Waals surface area (Å²) >= 11 is 12.6. The number of nitrogens with one attached hydrogen (secondary N) is 2. The number of halogens is 2. The summed E-state index contributed by atoms with van der Waals surface area (Å²) in [6.07, 6.45) is 0. The lowest BCUT2D eigenvalue weighted by molar-refractivity contribution is -0.123. The highest BCUT2D eigenvalue weighted by atomic mass is 35.5. The van der Waals surface area contributed by atoms with Gasteiger partial charge in [-0.2, -0.15) is 0 Å². The Bertz CT molecular complexity index is 763. The molecule has 1 aromatic heterocycles. The van der Waals surface area contributed by atoms with Crippen LogP contribution < -0.4 is 15.0 Å². The van der Waals surface area contributed by atoms with Crippen molar-refractivity contribution in [3.05, 3.63) is 45.8 Å². The Kier molecular flexibility index (Phi) is 5.65. The van der Waals surface area contributed by atoms with Crippen LogP contribution in [0.15, 0.2) is 39.9 Å². The first-order valence-corrected chi connectivity index (χ1v) is 8.92. The number of ether oxygens (including phenoxy) is 1. The maximum absolute atomic E-state index is 11.8. The summed E-state index contributed by atoms with van der Waals surface area (Å²) in [5.41, 5.74) is 2.05. The van der Waals surface area contributed by atoms with Gasteiger partial charge in [-0.1, -0.05) is 29.3 Å². The Labute approximate surface area is 141 Å². The number of thiophene rings is 1. The fraction of sp³-hybridized carbons (Fsp3) is 0.0833. The fourth-order valence-electron chi connectivity index (χ4n) is 1.36. The normalized spacial score (nSPS) is 11.2. The van der Waals surface area contributed by atoms with Crippen molar-refractivity contribution < 1.29 is 17.9 Å². The van der Waals surface area contributed by atoms with Gasteiger partial charge in [0, 0.05) is 5.02 Å². The monoisotopic (exact) mass is 380 g/mol. The number of hydrogen-bond acceptors (Lipinski definition) is 5. The van der Waals surface area contributed by atoms with E-state index in [1.165, 1.54) is 18.2 Å². The Morgan fingerprint density at radius 1 is 1.27 bits per heavy atom. The van der Waals surface area contributed by atoms with Gasteiger partial charge in [-0.3, -0.25) is 10.2 Å². The van der Waals surface area contributed by atoms with Crippen LogP contribution in [0, 0.1) is 0 Å². The fourth-order valence-corrected chi connectivity index (χ4v) is 3.68. The summed E-state index contributed by atoms with van der Waals surface area (Å²) in [4.78, 5) is 13.6. The van der Waals surface area contributed by atoms with Crippen molar-refractivity contribution in [3.8, 4) is 5.75 Å². The van der Waals surface area contributed by atoms with Crippen LogP contribution in [0.1, 0.15) is 0 Å². The van der Waals surface area contributed by atoms with E-state index in [1.54, 1.807) is 17.5 Å². The lowest BCUT2D eigenvalue weighted by atomic mass is 10.3. The van der Waals surface area contributed by atoms with Gasteiger partial charge < -0.3 is 4.74 Å². The highest BCUT2D eigenvalue weighted by molar-refractivity contribution is 7.91. The summed E-state index contributed by atoms with van der Waals surface area (Å²) in [6.45, 7) is -0.408. The summed E-state index contributed by atoms with van der Waals surface area (Å²) < 4.78 is 28.8. The third-order valence-corrected chi connectivity index (χ3v) is 5.51. The first-order valence-electron chi connectivity index (χ1n) is 5.80. The van der Waals surface area contributed by atoms with Crippen molar-refractivity contribution in [2.75, 3.05) is 6.61 Å². The molecule has 1 heterocycles. The quantitative estimate of drug-likeness (QED) is 0.753. The molecule has 2 rings (SSSR count). The van der Waals surface area contributed by atoms with E-state index in [0.717, 1.165) is 11.3 Å². The molecule has 10 heteroatoms. The van der Waals surface area contributed by atoms with Gasteiger partial charge in [0.1, 0.15) is 9.96 Å². The highest BCUT2D eigenvalue weighted by Crippen LogP contribution is 2.27. The molecule has 0 atom stereocenters. The Morgan fingerprint density at radius 2 is 2.05 bits per heavy atom. The van der Waals surface area contributed by atoms with E-state index in [-0.39, 0.29) is 15.0 Å². The van der Waals surface area contributed by atoms with Crippen LogP contribution in [-0.2, 0) is 14.8 Å². The molecular weight excluding hydrogens is 371 g/mol. The molecule has 118 valence electrons. The van der Waals surface area contributed by atoms with Gasteiger partial charge in [-0.25, -0.2) is 8.42 Å². The van der Waals surface area contributed by atoms with Gasteiger partial charge in [0.2, 0.25) is 0 Å². The molecule has 0 aliphatic carbocycles. The number of hydrogen-bond donors (Lipinski definition) is 2. The van der Waals surface area contributed by atoms with Gasteiger partial charge in [0.15, 0.2) is 6.61 Å². The molecule has 0 radical (unpaired) electrons. The predicted molar refractivity (Wildman–Crippen MR) is 84.7 cm³/mol. The van der Waals surface area contributed by atoms with Crippen molar-refractivity contribution in [3.63, 3.8) is 0 Å². The molecule has 6 nitrogen and oxygen atoms in total. The van der Waals surface area contributed by atoms with E-state index >= 15 is 0 Å². The SMILES string of the molecule is O=C(COc1ccc(Cl)cc1Cl)NNS(=O)(=O)c1cccs1. The lowest BCUT2D eigenvalue weighted by Gasteiger charge is -2.09. The van der Waals surface area contributed by atoms with Crippen molar-refractivity contribution >= 4 is 50.5 Å². The maximum Gasteiger partial charge on any atom is 0.272 e. The smallest absolute Gasteiger partial charge is 0.272 e. The standard InChI is InChI=1S/C12H10Cl2N2O4S2/c13-8-3-4-10(9(14)6-8)20-7-11(17)15-16-22(18,19)12-2-1-5-21-12/h1-6,16H,7H2,(H,15,17). The van der Waals surface area contributed by atoms with Crippen molar-refractivity contribution in [2.24, 2.45) is 0 Å². The molecule has 2 aromatic rings. The van der Waals surface area contributed by atoms with E-state index in [2.05, 4.69) is 0 Å². The van der Waals surface area contributed by atoms with Gasteiger partial charge in [0.05, 0.1) is 5.02 Å². The second-order valence-corrected chi connectivity index (χ2v) is 7.65. The number of carbonyl (C=O) groups is 1. The second-order valence-electron chi connectivity index (χ2n) is 3.95. The topological polar surface area (TPSA) is 84.5 Å². The summed E-state index contributed by atoms with van der Waals surface area (Å²) in [5, 5.41) is 2.30. The van der Waals surface area contributed by atoms with Gasteiger partial charge >= 0.3 is 0 Å². The molecule has 1 aromatic carbocycles. The molecule has 22 heavy (non-hydrogen) atoms. The molecule has 0 aliphatic heterocycles. The minimum Gasteiger partial charge on any atom is -0.482 e. The zero-order valence-electron chi connectivity index (χ0n) is 10.9. The highest BCUT2D eigenvalue weighted by Gasteiger charge is 2.16. The second kappa shape index (κ2) is 7.30. The first kappa shape index (κ1) is 17.0. The molecule has 0 bridgehead atoms. The maximum atomic E-state index is 11.8. The Morgan fingerprint density at radius 3 is 2.68 bits per heavy atom. The van der Waals surface area contributed by atoms with E-state index in [9.17, 15) is 13.2 Å².